The van der Waals surface area contributed by atoms with E-state index < -0.39 is 15.1 Å². The van der Waals surface area contributed by atoms with Gasteiger partial charge in [-0.1, -0.05) is 23.9 Å². The van der Waals surface area contributed by atoms with Gasteiger partial charge in [0, 0.05) is 24.0 Å². The predicted octanol–water partition coefficient (Wildman–Crippen LogP) is 2.92. The predicted molar refractivity (Wildman–Crippen MR) is 121 cm³/mol. The number of fused-ring (bicyclic) bond motifs is 1. The molecular weight excluding hydrogens is 461 g/mol. The molecule has 1 aliphatic heterocycles. The van der Waals surface area contributed by atoms with Crippen LogP contribution in [-0.2, 0) is 14.6 Å². The highest BCUT2D eigenvalue weighted by Gasteiger charge is 2.34. The number of rotatable bonds is 5. The second kappa shape index (κ2) is 8.36. The first-order valence-electron chi connectivity index (χ1n) is 9.56. The number of sulfone groups is 1. The Kier molecular flexibility index (Phi) is 5.93. The van der Waals surface area contributed by atoms with Crippen LogP contribution in [0.25, 0.3) is 21.3 Å². The first kappa shape index (κ1) is 22.0. The average molecular weight is 482 g/mol. The number of halogens is 1. The number of carbonyl (C=O) groups excluding carboxylic acids is 1. The second-order valence-corrected chi connectivity index (χ2v) is 11.9. The van der Waals surface area contributed by atoms with E-state index in [4.69, 9.17) is 0 Å². The molecule has 1 aromatic carbocycles. The summed E-state index contributed by atoms with van der Waals surface area (Å²) in [6.07, 6.45) is 0.435. The molecule has 1 aliphatic rings. The summed E-state index contributed by atoms with van der Waals surface area (Å²) < 4.78 is 36.6. The minimum Gasteiger partial charge on any atom is -0.341 e. The van der Waals surface area contributed by atoms with Crippen LogP contribution in [0, 0.1) is 5.82 Å². The maximum atomic E-state index is 13.2. The van der Waals surface area contributed by atoms with Crippen molar-refractivity contribution in [3.05, 3.63) is 45.8 Å². The van der Waals surface area contributed by atoms with Gasteiger partial charge in [0.15, 0.2) is 15.0 Å². The molecule has 2 atom stereocenters. The molecule has 4 rings (SSSR count). The van der Waals surface area contributed by atoms with Crippen LogP contribution in [0.15, 0.2) is 39.6 Å². The maximum Gasteiger partial charge on any atom is 0.260 e. The SMILES string of the molecule is CC(Sc1nc2scc(-c3ccc(F)cc3)c2c(=O)[nH]1)C(=O)N(C)C1CCS(=O)(=O)C1. The van der Waals surface area contributed by atoms with Gasteiger partial charge in [0.25, 0.3) is 5.56 Å². The number of thiophene rings is 1. The highest BCUT2D eigenvalue weighted by Crippen LogP contribution is 2.32. The number of amides is 1. The van der Waals surface area contributed by atoms with Gasteiger partial charge in [0.1, 0.15) is 10.6 Å². The number of carbonyl (C=O) groups is 1. The van der Waals surface area contributed by atoms with Crippen LogP contribution in [-0.4, -0.2) is 59.0 Å². The number of hydrogen-bond acceptors (Lipinski definition) is 7. The van der Waals surface area contributed by atoms with Crippen molar-refractivity contribution >= 4 is 49.1 Å². The van der Waals surface area contributed by atoms with Gasteiger partial charge in [-0.25, -0.2) is 17.8 Å². The van der Waals surface area contributed by atoms with E-state index in [0.29, 0.717) is 27.4 Å². The number of nitrogens with one attached hydrogen (secondary N) is 1. The summed E-state index contributed by atoms with van der Waals surface area (Å²) in [7, 11) is -1.48. The molecule has 3 aromatic rings. The Morgan fingerprint density at radius 1 is 1.35 bits per heavy atom. The van der Waals surface area contributed by atoms with E-state index in [-0.39, 0.29) is 34.8 Å². The van der Waals surface area contributed by atoms with Gasteiger partial charge >= 0.3 is 0 Å². The lowest BCUT2D eigenvalue weighted by Crippen LogP contribution is -2.41. The smallest absolute Gasteiger partial charge is 0.260 e. The molecule has 0 bridgehead atoms. The molecule has 7 nitrogen and oxygen atoms in total. The van der Waals surface area contributed by atoms with Crippen molar-refractivity contribution in [1.29, 1.82) is 0 Å². The molecule has 1 fully saturated rings. The fourth-order valence-corrected chi connectivity index (χ4v) is 7.27. The van der Waals surface area contributed by atoms with Crippen molar-refractivity contribution in [3.63, 3.8) is 0 Å². The van der Waals surface area contributed by atoms with E-state index in [2.05, 4.69) is 9.97 Å². The number of nitrogens with zero attached hydrogens (tertiary/aromatic N) is 2. The van der Waals surface area contributed by atoms with E-state index >= 15 is 0 Å². The van der Waals surface area contributed by atoms with Crippen LogP contribution < -0.4 is 5.56 Å². The van der Waals surface area contributed by atoms with Crippen LogP contribution in [0.3, 0.4) is 0 Å². The Morgan fingerprint density at radius 3 is 2.71 bits per heavy atom. The molecule has 0 spiro atoms. The first-order valence-corrected chi connectivity index (χ1v) is 13.1. The summed E-state index contributed by atoms with van der Waals surface area (Å²) in [6.45, 7) is 1.70. The van der Waals surface area contributed by atoms with Gasteiger partial charge in [0.05, 0.1) is 22.1 Å². The monoisotopic (exact) mass is 481 g/mol. The number of H-pyrrole nitrogens is 1. The van der Waals surface area contributed by atoms with E-state index in [1.807, 2.05) is 0 Å². The van der Waals surface area contributed by atoms with Crippen LogP contribution in [0.1, 0.15) is 13.3 Å². The highest BCUT2D eigenvalue weighted by molar-refractivity contribution is 8.00. The van der Waals surface area contributed by atoms with Crippen LogP contribution in [0.4, 0.5) is 4.39 Å². The van der Waals surface area contributed by atoms with Crippen molar-refractivity contribution in [2.45, 2.75) is 29.8 Å². The summed E-state index contributed by atoms with van der Waals surface area (Å²) in [5.41, 5.74) is 1.07. The third-order valence-electron chi connectivity index (χ3n) is 5.32. The normalized spacial score (nSPS) is 18.9. The number of hydrogen-bond donors (Lipinski definition) is 1. The Morgan fingerprint density at radius 2 is 2.06 bits per heavy atom. The molecule has 164 valence electrons. The van der Waals surface area contributed by atoms with Gasteiger partial charge in [0.2, 0.25) is 5.91 Å². The number of aromatic nitrogens is 2. The molecule has 1 amide bonds. The Bertz CT molecular complexity index is 1300. The van der Waals surface area contributed by atoms with Gasteiger partial charge in [-0.15, -0.1) is 11.3 Å². The summed E-state index contributed by atoms with van der Waals surface area (Å²) in [6, 6.07) is 5.57. The van der Waals surface area contributed by atoms with Crippen LogP contribution >= 0.6 is 23.1 Å². The maximum absolute atomic E-state index is 13.2. The van der Waals surface area contributed by atoms with Crippen molar-refractivity contribution < 1.29 is 17.6 Å². The van der Waals surface area contributed by atoms with Crippen molar-refractivity contribution in [1.82, 2.24) is 14.9 Å². The van der Waals surface area contributed by atoms with Gasteiger partial charge < -0.3 is 9.88 Å². The molecule has 0 aliphatic carbocycles. The zero-order valence-electron chi connectivity index (χ0n) is 16.8. The summed E-state index contributed by atoms with van der Waals surface area (Å²) in [5, 5.41) is 1.99. The minimum atomic E-state index is -3.09. The van der Waals surface area contributed by atoms with E-state index in [1.165, 1.54) is 28.4 Å². The summed E-state index contributed by atoms with van der Waals surface area (Å²) in [4.78, 5) is 34.7. The summed E-state index contributed by atoms with van der Waals surface area (Å²) >= 11 is 2.43. The quantitative estimate of drug-likeness (QED) is 0.444. The zero-order chi connectivity index (χ0) is 22.3. The van der Waals surface area contributed by atoms with Crippen molar-refractivity contribution in [2.75, 3.05) is 18.6 Å². The van der Waals surface area contributed by atoms with Gasteiger partial charge in [-0.2, -0.15) is 0 Å². The van der Waals surface area contributed by atoms with Crippen LogP contribution in [0.5, 0.6) is 0 Å². The molecule has 2 aromatic heterocycles. The minimum absolute atomic E-state index is 0.0188. The molecule has 3 heterocycles. The molecule has 0 radical (unpaired) electrons. The molecular formula is C20H20FN3O4S3. The molecule has 31 heavy (non-hydrogen) atoms. The molecule has 1 saturated heterocycles. The van der Waals surface area contributed by atoms with Crippen molar-refractivity contribution in [2.24, 2.45) is 0 Å². The van der Waals surface area contributed by atoms with Gasteiger partial charge in [-0.05, 0) is 31.0 Å². The Balaban J connectivity index is 1.54. The lowest BCUT2D eigenvalue weighted by molar-refractivity contribution is -0.130. The van der Waals surface area contributed by atoms with Crippen LogP contribution in [0.2, 0.25) is 0 Å². The van der Waals surface area contributed by atoms with E-state index in [9.17, 15) is 22.4 Å². The molecule has 0 saturated carbocycles. The fourth-order valence-electron chi connectivity index (χ4n) is 3.59. The lowest BCUT2D eigenvalue weighted by atomic mass is 10.1. The van der Waals surface area contributed by atoms with E-state index in [1.54, 1.807) is 31.5 Å². The topological polar surface area (TPSA) is 100 Å². The van der Waals surface area contributed by atoms with E-state index in [0.717, 1.165) is 17.3 Å². The van der Waals surface area contributed by atoms with Gasteiger partial charge in [-0.3, -0.25) is 9.59 Å². The third kappa shape index (κ3) is 4.53. The zero-order valence-corrected chi connectivity index (χ0v) is 19.2. The largest absolute Gasteiger partial charge is 0.341 e. The number of aromatic amines is 1. The second-order valence-electron chi connectivity index (χ2n) is 7.47. The number of benzene rings is 1. The average Bonchev–Trinajstić information content (AvgIpc) is 3.30. The Labute approximate surface area is 186 Å². The first-order chi connectivity index (χ1) is 14.6. The van der Waals surface area contributed by atoms with Crippen molar-refractivity contribution in [3.8, 4) is 11.1 Å². The molecule has 1 N–H and O–H groups in total. The lowest BCUT2D eigenvalue weighted by Gasteiger charge is -2.26. The Hall–Kier alpha value is -2.24. The molecule has 11 heteroatoms. The third-order valence-corrected chi connectivity index (χ3v) is 8.91. The fraction of sp³-hybridized carbons (Fsp3) is 0.350. The number of thioether (sulfide) groups is 1. The standard InChI is InChI=1S/C20H20FN3O4S3/c1-11(19(26)24(2)14-7-8-31(27,28)10-14)30-20-22-17(25)16-15(9-29-18(16)23-20)12-3-5-13(21)6-4-12/h3-6,9,11,14H,7-8,10H2,1-2H3,(H,22,23,25). The molecule has 2 unspecified atom stereocenters. The highest BCUT2D eigenvalue weighted by atomic mass is 32.2. The summed E-state index contributed by atoms with van der Waals surface area (Å²) in [5.74, 6) is -0.493.